The topological polar surface area (TPSA) is 0 Å². The zero-order chi connectivity index (χ0) is 10.4. The van der Waals surface area contributed by atoms with Gasteiger partial charge in [-0.05, 0) is 11.8 Å². The highest BCUT2D eigenvalue weighted by Gasteiger charge is 2.47. The first-order valence-electron chi connectivity index (χ1n) is 6.27. The molecule has 2 aliphatic rings. The Hall–Kier alpha value is -0.0400. The molecule has 1 heterocycles. The Morgan fingerprint density at radius 2 is 1.64 bits per heavy atom. The Kier molecular flexibility index (Phi) is 2.42. The Labute approximate surface area is 89.1 Å². The van der Waals surface area contributed by atoms with Gasteiger partial charge in [0.25, 0.3) is 0 Å². The van der Waals surface area contributed by atoms with Crippen LogP contribution in [0.3, 0.4) is 0 Å². The van der Waals surface area contributed by atoms with Crippen LogP contribution in [-0.2, 0) is 0 Å². The summed E-state index contributed by atoms with van der Waals surface area (Å²) in [6.45, 7) is 10.2. The van der Waals surface area contributed by atoms with Gasteiger partial charge in [-0.15, -0.1) is 0 Å². The van der Waals surface area contributed by atoms with Gasteiger partial charge < -0.3 is 4.48 Å². The summed E-state index contributed by atoms with van der Waals surface area (Å²) in [5, 5.41) is 0. The van der Waals surface area contributed by atoms with Crippen molar-refractivity contribution in [1.29, 1.82) is 0 Å². The summed E-state index contributed by atoms with van der Waals surface area (Å²) < 4.78 is 1.38. The lowest BCUT2D eigenvalue weighted by Crippen LogP contribution is -2.51. The van der Waals surface area contributed by atoms with Gasteiger partial charge in [0.2, 0.25) is 0 Å². The first kappa shape index (κ1) is 10.5. The minimum atomic E-state index is 0.605. The minimum Gasteiger partial charge on any atom is -0.323 e. The van der Waals surface area contributed by atoms with Gasteiger partial charge in [0.15, 0.2) is 0 Å². The van der Waals surface area contributed by atoms with Crippen molar-refractivity contribution in [3.05, 3.63) is 0 Å². The van der Waals surface area contributed by atoms with Gasteiger partial charge in [0.1, 0.15) is 0 Å². The summed E-state index contributed by atoms with van der Waals surface area (Å²) in [6, 6.07) is 0.951. The molecule has 2 fully saturated rings. The van der Waals surface area contributed by atoms with Crippen LogP contribution in [0, 0.1) is 11.3 Å². The summed E-state index contributed by atoms with van der Waals surface area (Å²) in [7, 11) is 2.50. The molecule has 0 N–H and O–H groups in total. The number of rotatable bonds is 1. The predicted molar refractivity (Wildman–Crippen MR) is 61.1 cm³/mol. The van der Waals surface area contributed by atoms with Gasteiger partial charge in [0.05, 0.1) is 26.2 Å². The molecule has 1 saturated heterocycles. The van der Waals surface area contributed by atoms with E-state index >= 15 is 0 Å². The Bertz CT molecular complexity index is 213. The van der Waals surface area contributed by atoms with E-state index in [1.54, 1.807) is 0 Å². The molecule has 1 aliphatic carbocycles. The van der Waals surface area contributed by atoms with Crippen LogP contribution in [-0.4, -0.2) is 30.7 Å². The summed E-state index contributed by atoms with van der Waals surface area (Å²) >= 11 is 0. The monoisotopic (exact) mass is 196 g/mol. The van der Waals surface area contributed by atoms with Crippen LogP contribution in [0.1, 0.15) is 46.5 Å². The van der Waals surface area contributed by atoms with Crippen molar-refractivity contribution >= 4 is 0 Å². The van der Waals surface area contributed by atoms with Gasteiger partial charge in [-0.1, -0.05) is 20.8 Å². The number of hydrogen-bond acceptors (Lipinski definition) is 0. The van der Waals surface area contributed by atoms with Crippen LogP contribution in [0.2, 0.25) is 0 Å². The van der Waals surface area contributed by atoms with Crippen LogP contribution in [0.4, 0.5) is 0 Å². The highest BCUT2D eigenvalue weighted by molar-refractivity contribution is 4.88. The highest BCUT2D eigenvalue weighted by Crippen LogP contribution is 2.46. The SMILES string of the molecule is CC1CC(C)(C)CC1[N+]1(C)CCCC1. The summed E-state index contributed by atoms with van der Waals surface area (Å²) in [5.41, 5.74) is 0.605. The second kappa shape index (κ2) is 3.23. The molecule has 0 aromatic carbocycles. The Morgan fingerprint density at radius 1 is 1.07 bits per heavy atom. The van der Waals surface area contributed by atoms with Crippen LogP contribution in [0.5, 0.6) is 0 Å². The normalized spacial score (nSPS) is 40.3. The second-order valence-corrected chi connectivity index (χ2v) is 6.75. The maximum absolute atomic E-state index is 2.50. The van der Waals surface area contributed by atoms with Gasteiger partial charge in [-0.2, -0.15) is 0 Å². The number of likely N-dealkylation sites (tertiary alicyclic amines) is 1. The third kappa shape index (κ3) is 1.71. The van der Waals surface area contributed by atoms with E-state index in [0.717, 1.165) is 12.0 Å². The Balaban J connectivity index is 2.11. The summed E-state index contributed by atoms with van der Waals surface area (Å²) in [6.07, 6.45) is 5.80. The molecule has 2 atom stereocenters. The van der Waals surface area contributed by atoms with Crippen molar-refractivity contribution in [3.8, 4) is 0 Å². The van der Waals surface area contributed by atoms with E-state index in [9.17, 15) is 0 Å². The van der Waals surface area contributed by atoms with Crippen molar-refractivity contribution in [2.45, 2.75) is 52.5 Å². The smallest absolute Gasteiger partial charge is 0.0919 e. The molecule has 82 valence electrons. The van der Waals surface area contributed by atoms with Crippen LogP contribution < -0.4 is 0 Å². The van der Waals surface area contributed by atoms with E-state index in [4.69, 9.17) is 0 Å². The molecule has 0 spiro atoms. The van der Waals surface area contributed by atoms with E-state index in [2.05, 4.69) is 27.8 Å². The van der Waals surface area contributed by atoms with Crippen LogP contribution in [0.15, 0.2) is 0 Å². The highest BCUT2D eigenvalue weighted by atomic mass is 15.4. The van der Waals surface area contributed by atoms with E-state index < -0.39 is 0 Å². The lowest BCUT2D eigenvalue weighted by molar-refractivity contribution is -0.925. The molecule has 1 nitrogen and oxygen atoms in total. The second-order valence-electron chi connectivity index (χ2n) is 6.75. The molecular formula is C13H26N+. The van der Waals surface area contributed by atoms with E-state index in [0.29, 0.717) is 5.41 Å². The zero-order valence-electron chi connectivity index (χ0n) is 10.3. The number of quaternary nitrogens is 1. The minimum absolute atomic E-state index is 0.605. The average Bonchev–Trinajstić information content (AvgIpc) is 2.57. The zero-order valence-corrected chi connectivity index (χ0v) is 10.3. The fourth-order valence-corrected chi connectivity index (χ4v) is 4.08. The molecule has 1 aliphatic heterocycles. The Morgan fingerprint density at radius 3 is 2.07 bits per heavy atom. The molecule has 0 amide bonds. The standard InChI is InChI=1S/C13H26N/c1-11-9-13(2,3)10-12(11)14(4)7-5-6-8-14/h11-12H,5-10H2,1-4H3/q+1. The molecule has 1 saturated carbocycles. The third-order valence-electron chi connectivity index (χ3n) is 4.68. The molecule has 1 heteroatoms. The van der Waals surface area contributed by atoms with Gasteiger partial charge in [0, 0.05) is 25.2 Å². The van der Waals surface area contributed by atoms with Crippen molar-refractivity contribution in [2.24, 2.45) is 11.3 Å². The molecule has 14 heavy (non-hydrogen) atoms. The number of nitrogens with zero attached hydrogens (tertiary/aromatic N) is 1. The van der Waals surface area contributed by atoms with E-state index in [-0.39, 0.29) is 0 Å². The average molecular weight is 196 g/mol. The number of hydrogen-bond donors (Lipinski definition) is 0. The maximum atomic E-state index is 2.50. The largest absolute Gasteiger partial charge is 0.323 e. The first-order chi connectivity index (χ1) is 6.43. The molecule has 0 bridgehead atoms. The fraction of sp³-hybridized carbons (Fsp3) is 1.00. The van der Waals surface area contributed by atoms with Gasteiger partial charge in [-0.25, -0.2) is 0 Å². The predicted octanol–water partition coefficient (Wildman–Crippen LogP) is 3.05. The molecular weight excluding hydrogens is 170 g/mol. The van der Waals surface area contributed by atoms with Crippen LogP contribution in [0.25, 0.3) is 0 Å². The van der Waals surface area contributed by atoms with Crippen molar-refractivity contribution in [1.82, 2.24) is 0 Å². The quantitative estimate of drug-likeness (QED) is 0.565. The van der Waals surface area contributed by atoms with Crippen molar-refractivity contribution in [3.63, 3.8) is 0 Å². The van der Waals surface area contributed by atoms with Crippen molar-refractivity contribution in [2.75, 3.05) is 20.1 Å². The van der Waals surface area contributed by atoms with Gasteiger partial charge >= 0.3 is 0 Å². The molecule has 0 radical (unpaired) electrons. The summed E-state index contributed by atoms with van der Waals surface area (Å²) in [5.74, 6) is 0.938. The summed E-state index contributed by atoms with van der Waals surface area (Å²) in [4.78, 5) is 0. The van der Waals surface area contributed by atoms with E-state index in [1.807, 2.05) is 0 Å². The lowest BCUT2D eigenvalue weighted by atomic mass is 9.91. The maximum Gasteiger partial charge on any atom is 0.0919 e. The third-order valence-corrected chi connectivity index (χ3v) is 4.68. The van der Waals surface area contributed by atoms with Crippen LogP contribution >= 0.6 is 0 Å². The lowest BCUT2D eigenvalue weighted by Gasteiger charge is -2.38. The van der Waals surface area contributed by atoms with Gasteiger partial charge in [-0.3, -0.25) is 0 Å². The molecule has 0 aromatic heterocycles. The van der Waals surface area contributed by atoms with E-state index in [1.165, 1.54) is 43.3 Å². The molecule has 2 rings (SSSR count). The molecule has 2 unspecified atom stereocenters. The van der Waals surface area contributed by atoms with Crippen molar-refractivity contribution < 1.29 is 4.48 Å². The fourth-order valence-electron chi connectivity index (χ4n) is 4.08. The molecule has 0 aromatic rings. The first-order valence-corrected chi connectivity index (χ1v) is 6.27.